The van der Waals surface area contributed by atoms with Crippen LogP contribution >= 0.6 is 0 Å². The maximum atomic E-state index is 11.6. The number of rotatable bonds is 11. The largest absolute Gasteiger partial charge is 0.359 e. The zero-order valence-corrected chi connectivity index (χ0v) is 22.0. The summed E-state index contributed by atoms with van der Waals surface area (Å²) in [7, 11) is 3.46. The van der Waals surface area contributed by atoms with E-state index >= 15 is 0 Å². The highest BCUT2D eigenvalue weighted by Crippen LogP contribution is 1.98. The van der Waals surface area contributed by atoms with Crippen molar-refractivity contribution in [2.75, 3.05) is 20.6 Å². The first-order valence-corrected chi connectivity index (χ1v) is 11.7. The fourth-order valence-electron chi connectivity index (χ4n) is 2.29. The van der Waals surface area contributed by atoms with Gasteiger partial charge in [-0.2, -0.15) is 0 Å². The molecule has 0 aromatic heterocycles. The molecule has 0 aliphatic rings. The molecular weight excluding hydrogens is 410 g/mol. The van der Waals surface area contributed by atoms with Crippen molar-refractivity contribution in [3.63, 3.8) is 0 Å². The van der Waals surface area contributed by atoms with Gasteiger partial charge in [0, 0.05) is 32.5 Å². The first-order valence-electron chi connectivity index (χ1n) is 11.7. The van der Waals surface area contributed by atoms with Gasteiger partial charge in [-0.05, 0) is 46.6 Å². The highest BCUT2D eigenvalue weighted by Gasteiger charge is 2.17. The van der Waals surface area contributed by atoms with Gasteiger partial charge in [-0.3, -0.25) is 19.2 Å². The van der Waals surface area contributed by atoms with Crippen molar-refractivity contribution < 1.29 is 19.2 Å². The second-order valence-electron chi connectivity index (χ2n) is 7.55. The van der Waals surface area contributed by atoms with Crippen LogP contribution in [-0.4, -0.2) is 62.4 Å². The van der Waals surface area contributed by atoms with Crippen LogP contribution in [0.2, 0.25) is 0 Å². The van der Waals surface area contributed by atoms with Crippen molar-refractivity contribution in [2.24, 2.45) is 5.92 Å². The minimum Gasteiger partial charge on any atom is -0.359 e. The molecule has 0 fully saturated rings. The fraction of sp³-hybridized carbons (Fsp3) is 0.826. The Morgan fingerprint density at radius 2 is 1.22 bits per heavy atom. The van der Waals surface area contributed by atoms with Crippen LogP contribution in [0.25, 0.3) is 0 Å². The first-order chi connectivity index (χ1) is 15.0. The summed E-state index contributed by atoms with van der Waals surface area (Å²) in [5.74, 6) is 0.119. The van der Waals surface area contributed by atoms with E-state index in [9.17, 15) is 19.2 Å². The van der Waals surface area contributed by atoms with E-state index in [0.717, 1.165) is 19.3 Å². The van der Waals surface area contributed by atoms with Crippen LogP contribution in [0, 0.1) is 5.92 Å². The van der Waals surface area contributed by atoms with Crippen LogP contribution in [0.1, 0.15) is 81.1 Å². The number of likely N-dealkylation sites (N-methyl/N-ethyl adjacent to an activating group) is 2. The molecule has 9 nitrogen and oxygen atoms in total. The lowest BCUT2D eigenvalue weighted by Gasteiger charge is -2.18. The molecule has 5 N–H and O–H groups in total. The molecule has 0 bridgehead atoms. The maximum absolute atomic E-state index is 11.6. The highest BCUT2D eigenvalue weighted by atomic mass is 16.2. The normalized spacial score (nSPS) is 13.4. The van der Waals surface area contributed by atoms with Crippen molar-refractivity contribution in [3.05, 3.63) is 0 Å². The predicted octanol–water partition coefficient (Wildman–Crippen LogP) is 1.71. The topological polar surface area (TPSA) is 128 Å². The molecule has 0 aromatic rings. The van der Waals surface area contributed by atoms with Crippen LogP contribution in [0.3, 0.4) is 0 Å². The molecule has 4 unspecified atom stereocenters. The third-order valence-corrected chi connectivity index (χ3v) is 4.83. The van der Waals surface area contributed by atoms with Crippen LogP contribution in [0.4, 0.5) is 0 Å². The molecule has 190 valence electrons. The summed E-state index contributed by atoms with van der Waals surface area (Å²) < 4.78 is 0. The Labute approximate surface area is 195 Å². The summed E-state index contributed by atoms with van der Waals surface area (Å²) in [5.41, 5.74) is 0. The minimum absolute atomic E-state index is 0.0278. The molecule has 0 spiro atoms. The van der Waals surface area contributed by atoms with Gasteiger partial charge in [0.15, 0.2) is 0 Å². The molecule has 0 aromatic carbocycles. The number of hydrogen-bond acceptors (Lipinski definition) is 5. The van der Waals surface area contributed by atoms with Gasteiger partial charge in [0.1, 0.15) is 6.04 Å². The smallest absolute Gasteiger partial charge is 0.242 e. The number of hydrogen-bond donors (Lipinski definition) is 5. The second kappa shape index (κ2) is 22.0. The molecule has 0 aliphatic heterocycles. The van der Waals surface area contributed by atoms with Crippen molar-refractivity contribution in [1.29, 1.82) is 0 Å². The molecule has 0 aliphatic carbocycles. The number of carbonyl (C=O) groups is 4. The van der Waals surface area contributed by atoms with Crippen LogP contribution < -0.4 is 26.6 Å². The monoisotopic (exact) mass is 459 g/mol. The predicted molar refractivity (Wildman–Crippen MR) is 131 cm³/mol. The van der Waals surface area contributed by atoms with E-state index in [1.807, 2.05) is 48.5 Å². The molecule has 0 radical (unpaired) electrons. The molecule has 4 atom stereocenters. The lowest BCUT2D eigenvalue weighted by atomic mass is 10.1. The van der Waals surface area contributed by atoms with E-state index in [1.54, 1.807) is 14.1 Å². The highest BCUT2D eigenvalue weighted by molar-refractivity contribution is 5.86. The summed E-state index contributed by atoms with van der Waals surface area (Å²) in [6.07, 6.45) is 3.26. The van der Waals surface area contributed by atoms with E-state index in [-0.39, 0.29) is 41.6 Å². The Hall–Kier alpha value is -2.16. The Kier molecular flexibility index (Phi) is 23.7. The summed E-state index contributed by atoms with van der Waals surface area (Å²) >= 11 is 0. The van der Waals surface area contributed by atoms with Gasteiger partial charge in [-0.15, -0.1) is 0 Å². The van der Waals surface area contributed by atoms with Crippen molar-refractivity contribution in [1.82, 2.24) is 26.6 Å². The lowest BCUT2D eigenvalue weighted by Crippen LogP contribution is -2.48. The average molecular weight is 460 g/mol. The second-order valence-corrected chi connectivity index (χ2v) is 7.55. The summed E-state index contributed by atoms with van der Waals surface area (Å²) in [4.78, 5) is 44.0. The Balaban J connectivity index is -0.000000413. The maximum Gasteiger partial charge on any atom is 0.242 e. The van der Waals surface area contributed by atoms with Crippen molar-refractivity contribution >= 4 is 23.6 Å². The van der Waals surface area contributed by atoms with Gasteiger partial charge in [0.2, 0.25) is 23.6 Å². The van der Waals surface area contributed by atoms with Crippen molar-refractivity contribution in [3.8, 4) is 0 Å². The Bertz CT molecular complexity index is 525. The molecule has 4 amide bonds. The molecule has 0 rings (SSSR count). The average Bonchev–Trinajstić information content (AvgIpc) is 2.77. The van der Waals surface area contributed by atoms with Gasteiger partial charge >= 0.3 is 0 Å². The van der Waals surface area contributed by atoms with E-state index in [4.69, 9.17) is 0 Å². The van der Waals surface area contributed by atoms with Gasteiger partial charge in [-0.1, -0.05) is 34.6 Å². The fourth-order valence-corrected chi connectivity index (χ4v) is 2.29. The SMILES string of the molecule is CCC(C)C(=O)NC.CCC(C)NC(=O)C(CC)NC(C)=O.CCNC(=O)C(CC)NC. The molecular formula is C23H49N5O4. The van der Waals surface area contributed by atoms with Gasteiger partial charge in [0.05, 0.1) is 6.04 Å². The van der Waals surface area contributed by atoms with Crippen LogP contribution in [-0.2, 0) is 19.2 Å². The van der Waals surface area contributed by atoms with Gasteiger partial charge < -0.3 is 26.6 Å². The van der Waals surface area contributed by atoms with Crippen molar-refractivity contribution in [2.45, 2.75) is 99.2 Å². The Morgan fingerprint density at radius 1 is 0.688 bits per heavy atom. The van der Waals surface area contributed by atoms with Crippen LogP contribution in [0.5, 0.6) is 0 Å². The van der Waals surface area contributed by atoms with Gasteiger partial charge in [-0.25, -0.2) is 0 Å². The zero-order chi connectivity index (χ0) is 25.7. The lowest BCUT2D eigenvalue weighted by molar-refractivity contribution is -0.128. The summed E-state index contributed by atoms with van der Waals surface area (Å²) in [6, 6.07) is -0.272. The van der Waals surface area contributed by atoms with Crippen LogP contribution in [0.15, 0.2) is 0 Å². The first kappa shape index (κ1) is 34.5. The third-order valence-electron chi connectivity index (χ3n) is 4.83. The number of amides is 4. The zero-order valence-electron chi connectivity index (χ0n) is 22.0. The Morgan fingerprint density at radius 3 is 1.50 bits per heavy atom. The van der Waals surface area contributed by atoms with Gasteiger partial charge in [0.25, 0.3) is 0 Å². The minimum atomic E-state index is -0.401. The third kappa shape index (κ3) is 18.6. The standard InChI is InChI=1S/C10H20N2O2.C7H16N2O.C6H13NO/c1-5-7(3)11-10(14)9(6-2)12-8(4)13;1-4-6(8-3)7(10)9-5-2;1-4-5(2)6(8)7-3/h7,9H,5-6H2,1-4H3,(H,11,14)(H,12,13);6,8H,4-5H2,1-3H3,(H,9,10);5H,4H2,1-3H3,(H,7,8). The molecule has 0 saturated heterocycles. The molecule has 9 heteroatoms. The van der Waals surface area contributed by atoms with E-state index < -0.39 is 6.04 Å². The van der Waals surface area contributed by atoms with E-state index in [2.05, 4.69) is 26.6 Å². The quantitative estimate of drug-likeness (QED) is 0.321. The number of carbonyl (C=O) groups excluding carboxylic acids is 4. The summed E-state index contributed by atoms with van der Waals surface area (Å²) in [6.45, 7) is 15.8. The number of nitrogens with one attached hydrogen (secondary N) is 5. The molecule has 32 heavy (non-hydrogen) atoms. The van der Waals surface area contributed by atoms with E-state index in [1.165, 1.54) is 6.92 Å². The molecule has 0 saturated carbocycles. The summed E-state index contributed by atoms with van der Waals surface area (Å²) in [5, 5.41) is 13.7. The molecule has 0 heterocycles. The van der Waals surface area contributed by atoms with E-state index in [0.29, 0.717) is 13.0 Å².